The molecule has 0 aliphatic carbocycles. The maximum atomic E-state index is 12.9. The molecule has 33 heavy (non-hydrogen) atoms. The summed E-state index contributed by atoms with van der Waals surface area (Å²) in [4.78, 5) is 27.1. The number of amides is 2. The molecule has 2 amide bonds. The van der Waals surface area contributed by atoms with Crippen LogP contribution in [0.5, 0.6) is 0 Å². The van der Waals surface area contributed by atoms with Crippen molar-refractivity contribution in [3.8, 4) is 0 Å². The van der Waals surface area contributed by atoms with Crippen molar-refractivity contribution in [1.82, 2.24) is 4.31 Å². The Bertz CT molecular complexity index is 1060. The van der Waals surface area contributed by atoms with Gasteiger partial charge in [0.05, 0.1) is 10.8 Å². The molecular formula is C25H33N3O4S. The minimum atomic E-state index is -3.57. The topological polar surface area (TPSA) is 86.8 Å². The Morgan fingerprint density at radius 2 is 1.61 bits per heavy atom. The fraction of sp³-hybridized carbons (Fsp3) is 0.440. The van der Waals surface area contributed by atoms with E-state index in [2.05, 4.69) is 12.2 Å². The summed E-state index contributed by atoms with van der Waals surface area (Å²) < 4.78 is 27.3. The molecule has 0 bridgehead atoms. The van der Waals surface area contributed by atoms with Gasteiger partial charge in [0.1, 0.15) is 0 Å². The standard InChI is InChI=1S/C25H33N3O4S/c1-4-15-27(16-5-2)33(31,32)23-13-9-21(10-14-23)26-25(30)20-17-24(29)28(18-20)22-11-7-19(6-3)8-12-22/h7-14,20H,4-6,15-18H2,1-3H3,(H,26,30). The van der Waals surface area contributed by atoms with Crippen LogP contribution in [0.4, 0.5) is 11.4 Å². The van der Waals surface area contributed by atoms with Gasteiger partial charge in [-0.25, -0.2) is 8.42 Å². The third-order valence-electron chi connectivity index (χ3n) is 5.86. The van der Waals surface area contributed by atoms with Crippen LogP contribution < -0.4 is 10.2 Å². The average Bonchev–Trinajstić information content (AvgIpc) is 3.21. The van der Waals surface area contributed by atoms with Gasteiger partial charge in [-0.2, -0.15) is 4.31 Å². The zero-order valence-corrected chi connectivity index (χ0v) is 20.4. The van der Waals surface area contributed by atoms with Gasteiger partial charge in [-0.05, 0) is 61.2 Å². The highest BCUT2D eigenvalue weighted by atomic mass is 32.2. The lowest BCUT2D eigenvalue weighted by atomic mass is 10.1. The highest BCUT2D eigenvalue weighted by Crippen LogP contribution is 2.27. The Kier molecular flexibility index (Phi) is 8.26. The number of hydrogen-bond donors (Lipinski definition) is 1. The molecule has 8 heteroatoms. The van der Waals surface area contributed by atoms with Crippen molar-refractivity contribution >= 4 is 33.2 Å². The molecule has 3 rings (SSSR count). The number of nitrogens with one attached hydrogen (secondary N) is 1. The molecule has 1 fully saturated rings. The summed E-state index contributed by atoms with van der Waals surface area (Å²) in [5.74, 6) is -0.783. The first kappa shape index (κ1) is 24.9. The zero-order chi connectivity index (χ0) is 24.0. The quantitative estimate of drug-likeness (QED) is 0.566. The second-order valence-corrected chi connectivity index (χ2v) is 10.3. The molecule has 1 unspecified atom stereocenters. The summed E-state index contributed by atoms with van der Waals surface area (Å²) in [5, 5.41) is 2.83. The highest BCUT2D eigenvalue weighted by molar-refractivity contribution is 7.89. The van der Waals surface area contributed by atoms with Crippen LogP contribution in [0.1, 0.15) is 45.6 Å². The second-order valence-electron chi connectivity index (χ2n) is 8.34. The smallest absolute Gasteiger partial charge is 0.243 e. The summed E-state index contributed by atoms with van der Waals surface area (Å²) in [5.41, 5.74) is 2.50. The van der Waals surface area contributed by atoms with E-state index in [1.165, 1.54) is 22.0 Å². The lowest BCUT2D eigenvalue weighted by Crippen LogP contribution is -2.32. The minimum absolute atomic E-state index is 0.0761. The number of benzene rings is 2. The zero-order valence-electron chi connectivity index (χ0n) is 19.6. The number of anilines is 2. The van der Waals surface area contributed by atoms with Crippen LogP contribution >= 0.6 is 0 Å². The first-order chi connectivity index (χ1) is 15.8. The van der Waals surface area contributed by atoms with Gasteiger partial charge in [0.15, 0.2) is 0 Å². The molecule has 2 aromatic carbocycles. The summed E-state index contributed by atoms with van der Waals surface area (Å²) in [6.07, 6.45) is 2.56. The van der Waals surface area contributed by atoms with Gasteiger partial charge in [-0.15, -0.1) is 0 Å². The van der Waals surface area contributed by atoms with Crippen LogP contribution in [-0.2, 0) is 26.0 Å². The highest BCUT2D eigenvalue weighted by Gasteiger charge is 2.35. The Morgan fingerprint density at radius 3 is 2.15 bits per heavy atom. The first-order valence-electron chi connectivity index (χ1n) is 11.6. The first-order valence-corrected chi connectivity index (χ1v) is 13.0. The fourth-order valence-corrected chi connectivity index (χ4v) is 5.62. The monoisotopic (exact) mass is 471 g/mol. The maximum Gasteiger partial charge on any atom is 0.243 e. The van der Waals surface area contributed by atoms with E-state index < -0.39 is 15.9 Å². The van der Waals surface area contributed by atoms with Crippen LogP contribution in [0.2, 0.25) is 0 Å². The van der Waals surface area contributed by atoms with Gasteiger partial charge in [-0.1, -0.05) is 32.9 Å². The van der Waals surface area contributed by atoms with Crippen LogP contribution in [-0.4, -0.2) is 44.2 Å². The number of aryl methyl sites for hydroxylation is 1. The van der Waals surface area contributed by atoms with Gasteiger partial charge < -0.3 is 10.2 Å². The van der Waals surface area contributed by atoms with E-state index in [1.54, 1.807) is 17.0 Å². The van der Waals surface area contributed by atoms with Gasteiger partial charge in [0.2, 0.25) is 21.8 Å². The SMILES string of the molecule is CCCN(CCC)S(=O)(=O)c1ccc(NC(=O)C2CC(=O)N(c3ccc(CC)cc3)C2)cc1. The molecule has 0 radical (unpaired) electrons. The predicted molar refractivity (Wildman–Crippen MR) is 131 cm³/mol. The molecule has 1 aliphatic rings. The Labute approximate surface area is 196 Å². The van der Waals surface area contributed by atoms with Crippen molar-refractivity contribution in [3.63, 3.8) is 0 Å². The van der Waals surface area contributed by atoms with Crippen LogP contribution in [0.15, 0.2) is 53.4 Å². The number of nitrogens with zero attached hydrogens (tertiary/aromatic N) is 2. The fourth-order valence-electron chi connectivity index (χ4n) is 4.00. The molecule has 1 saturated heterocycles. The number of rotatable bonds is 10. The molecule has 7 nitrogen and oxygen atoms in total. The number of sulfonamides is 1. The van der Waals surface area contributed by atoms with Gasteiger partial charge in [-0.3, -0.25) is 9.59 Å². The summed E-state index contributed by atoms with van der Waals surface area (Å²) in [6, 6.07) is 14.0. The van der Waals surface area contributed by atoms with E-state index in [0.717, 1.165) is 24.9 Å². The average molecular weight is 472 g/mol. The third kappa shape index (κ3) is 5.81. The molecule has 0 aromatic heterocycles. The second kappa shape index (κ2) is 10.9. The Hall–Kier alpha value is -2.71. The van der Waals surface area contributed by atoms with Crippen LogP contribution in [0, 0.1) is 5.92 Å². The molecule has 1 N–H and O–H groups in total. The van der Waals surface area contributed by atoms with Crippen molar-refractivity contribution in [1.29, 1.82) is 0 Å². The molecule has 178 valence electrons. The molecule has 0 spiro atoms. The van der Waals surface area contributed by atoms with Crippen molar-refractivity contribution in [2.24, 2.45) is 5.92 Å². The van der Waals surface area contributed by atoms with E-state index in [9.17, 15) is 18.0 Å². The van der Waals surface area contributed by atoms with E-state index >= 15 is 0 Å². The Balaban J connectivity index is 1.65. The molecular weight excluding hydrogens is 438 g/mol. The summed E-state index contributed by atoms with van der Waals surface area (Å²) in [6.45, 7) is 7.25. The molecule has 0 saturated carbocycles. The minimum Gasteiger partial charge on any atom is -0.326 e. The van der Waals surface area contributed by atoms with E-state index in [1.807, 2.05) is 38.1 Å². The van der Waals surface area contributed by atoms with E-state index in [-0.39, 0.29) is 23.1 Å². The lowest BCUT2D eigenvalue weighted by Gasteiger charge is -2.21. The van der Waals surface area contributed by atoms with E-state index in [4.69, 9.17) is 0 Å². The number of hydrogen-bond acceptors (Lipinski definition) is 4. The summed E-state index contributed by atoms with van der Waals surface area (Å²) >= 11 is 0. The number of carbonyl (C=O) groups excluding carboxylic acids is 2. The number of carbonyl (C=O) groups is 2. The Morgan fingerprint density at radius 1 is 1.00 bits per heavy atom. The molecule has 1 aliphatic heterocycles. The van der Waals surface area contributed by atoms with Crippen molar-refractivity contribution in [3.05, 3.63) is 54.1 Å². The van der Waals surface area contributed by atoms with Crippen LogP contribution in [0.3, 0.4) is 0 Å². The summed E-state index contributed by atoms with van der Waals surface area (Å²) in [7, 11) is -3.57. The van der Waals surface area contributed by atoms with Crippen molar-refractivity contribution in [2.45, 2.75) is 51.3 Å². The lowest BCUT2D eigenvalue weighted by molar-refractivity contribution is -0.122. The van der Waals surface area contributed by atoms with E-state index in [0.29, 0.717) is 25.3 Å². The van der Waals surface area contributed by atoms with Crippen molar-refractivity contribution in [2.75, 3.05) is 29.9 Å². The largest absolute Gasteiger partial charge is 0.326 e. The predicted octanol–water partition coefficient (Wildman–Crippen LogP) is 4.05. The molecule has 1 heterocycles. The van der Waals surface area contributed by atoms with Gasteiger partial charge in [0, 0.05) is 37.4 Å². The third-order valence-corrected chi connectivity index (χ3v) is 7.77. The normalized spacial score (nSPS) is 16.4. The molecule has 2 aromatic rings. The van der Waals surface area contributed by atoms with Crippen LogP contribution in [0.25, 0.3) is 0 Å². The van der Waals surface area contributed by atoms with Gasteiger partial charge in [0.25, 0.3) is 0 Å². The van der Waals surface area contributed by atoms with Gasteiger partial charge >= 0.3 is 0 Å². The maximum absolute atomic E-state index is 12.9. The van der Waals surface area contributed by atoms with Crippen molar-refractivity contribution < 1.29 is 18.0 Å². The molecule has 1 atom stereocenters.